The first kappa shape index (κ1) is 11.9. The van der Waals surface area contributed by atoms with Gasteiger partial charge in [0, 0.05) is 6.04 Å². The van der Waals surface area contributed by atoms with Gasteiger partial charge in [0.25, 0.3) is 0 Å². The number of carbonyl (C=O) groups is 1. The van der Waals surface area contributed by atoms with Gasteiger partial charge in [-0.15, -0.1) is 0 Å². The molecule has 0 aromatic heterocycles. The first-order valence-corrected chi connectivity index (χ1v) is 6.69. The van der Waals surface area contributed by atoms with Gasteiger partial charge in [-0.1, -0.05) is 25.7 Å². The quantitative estimate of drug-likeness (QED) is 0.749. The van der Waals surface area contributed by atoms with Crippen LogP contribution in [0.5, 0.6) is 0 Å². The summed E-state index contributed by atoms with van der Waals surface area (Å²) in [6, 6.07) is 0.0406. The Hall–Kier alpha value is -0.570. The summed E-state index contributed by atoms with van der Waals surface area (Å²) in [6.45, 7) is 0.627. The number of nitrogens with two attached hydrogens (primary N) is 1. The van der Waals surface area contributed by atoms with Crippen molar-refractivity contribution in [2.75, 3.05) is 6.61 Å². The Morgan fingerprint density at radius 1 is 1.06 bits per heavy atom. The van der Waals surface area contributed by atoms with Crippen molar-refractivity contribution in [2.45, 2.75) is 57.4 Å². The summed E-state index contributed by atoms with van der Waals surface area (Å²) in [5, 5.41) is 0. The highest BCUT2D eigenvalue weighted by molar-refractivity contribution is 5.73. The fourth-order valence-corrected chi connectivity index (χ4v) is 2.94. The predicted molar refractivity (Wildman–Crippen MR) is 62.9 cm³/mol. The van der Waals surface area contributed by atoms with Crippen molar-refractivity contribution < 1.29 is 9.53 Å². The van der Waals surface area contributed by atoms with Gasteiger partial charge >= 0.3 is 5.97 Å². The third-order valence-corrected chi connectivity index (χ3v) is 4.06. The highest BCUT2D eigenvalue weighted by atomic mass is 16.5. The zero-order valence-electron chi connectivity index (χ0n) is 9.99. The third-order valence-electron chi connectivity index (χ3n) is 4.06. The maximum absolute atomic E-state index is 11.8. The summed E-state index contributed by atoms with van der Waals surface area (Å²) in [4.78, 5) is 11.8. The minimum Gasteiger partial charge on any atom is -0.465 e. The molecule has 2 aliphatic rings. The van der Waals surface area contributed by atoms with E-state index in [1.807, 2.05) is 0 Å². The summed E-state index contributed by atoms with van der Waals surface area (Å²) < 4.78 is 5.42. The normalized spacial score (nSPS) is 31.6. The summed E-state index contributed by atoms with van der Waals surface area (Å²) in [6.07, 6.45) is 9.36. The van der Waals surface area contributed by atoms with Gasteiger partial charge in [0.15, 0.2) is 0 Å². The van der Waals surface area contributed by atoms with Crippen LogP contribution in [0.2, 0.25) is 0 Å². The Kier molecular flexibility index (Phi) is 4.22. The van der Waals surface area contributed by atoms with Crippen molar-refractivity contribution in [1.29, 1.82) is 0 Å². The van der Waals surface area contributed by atoms with Crippen LogP contribution >= 0.6 is 0 Å². The predicted octanol–water partition coefficient (Wildman–Crippen LogP) is 2.24. The summed E-state index contributed by atoms with van der Waals surface area (Å²) in [5.74, 6) is 0.537. The maximum atomic E-state index is 11.8. The number of rotatable bonds is 3. The van der Waals surface area contributed by atoms with Crippen LogP contribution < -0.4 is 5.73 Å². The number of esters is 1. The van der Waals surface area contributed by atoms with Crippen molar-refractivity contribution in [3.63, 3.8) is 0 Å². The molecule has 16 heavy (non-hydrogen) atoms. The van der Waals surface area contributed by atoms with Crippen LogP contribution in [0.4, 0.5) is 0 Å². The van der Waals surface area contributed by atoms with Gasteiger partial charge in [-0.25, -0.2) is 0 Å². The van der Waals surface area contributed by atoms with E-state index in [9.17, 15) is 4.79 Å². The molecule has 2 atom stereocenters. The Bertz CT molecular complexity index is 236. The average molecular weight is 225 g/mol. The molecule has 2 saturated carbocycles. The molecule has 3 heteroatoms. The molecular formula is C13H23NO2. The van der Waals surface area contributed by atoms with Gasteiger partial charge in [-0.3, -0.25) is 4.79 Å². The zero-order valence-corrected chi connectivity index (χ0v) is 9.99. The molecule has 2 rings (SSSR count). The molecule has 2 fully saturated rings. The number of hydrogen-bond donors (Lipinski definition) is 1. The van der Waals surface area contributed by atoms with Gasteiger partial charge in [0.2, 0.25) is 0 Å². The molecule has 0 radical (unpaired) electrons. The van der Waals surface area contributed by atoms with E-state index in [1.165, 1.54) is 32.1 Å². The van der Waals surface area contributed by atoms with E-state index in [0.29, 0.717) is 12.5 Å². The van der Waals surface area contributed by atoms with E-state index in [2.05, 4.69) is 0 Å². The van der Waals surface area contributed by atoms with Crippen molar-refractivity contribution in [2.24, 2.45) is 17.6 Å². The average Bonchev–Trinajstić information content (AvgIpc) is 2.74. The topological polar surface area (TPSA) is 52.3 Å². The van der Waals surface area contributed by atoms with Crippen molar-refractivity contribution in [3.05, 3.63) is 0 Å². The highest BCUT2D eigenvalue weighted by Gasteiger charge is 2.31. The first-order chi connectivity index (χ1) is 7.77. The summed E-state index contributed by atoms with van der Waals surface area (Å²) >= 11 is 0. The molecule has 0 saturated heterocycles. The molecular weight excluding hydrogens is 202 g/mol. The lowest BCUT2D eigenvalue weighted by atomic mass is 9.90. The molecule has 92 valence electrons. The fourth-order valence-electron chi connectivity index (χ4n) is 2.94. The summed E-state index contributed by atoms with van der Waals surface area (Å²) in [5.41, 5.74) is 5.89. The monoisotopic (exact) mass is 225 g/mol. The van der Waals surface area contributed by atoms with Crippen molar-refractivity contribution >= 4 is 5.97 Å². The maximum Gasteiger partial charge on any atom is 0.310 e. The van der Waals surface area contributed by atoms with Crippen LogP contribution in [0.25, 0.3) is 0 Å². The second kappa shape index (κ2) is 5.67. The van der Waals surface area contributed by atoms with Crippen molar-refractivity contribution in [3.8, 4) is 0 Å². The number of hydrogen-bond acceptors (Lipinski definition) is 3. The molecule has 0 heterocycles. The van der Waals surface area contributed by atoms with Crippen LogP contribution in [-0.2, 0) is 9.53 Å². The van der Waals surface area contributed by atoms with E-state index in [4.69, 9.17) is 10.5 Å². The van der Waals surface area contributed by atoms with Gasteiger partial charge < -0.3 is 10.5 Å². The van der Waals surface area contributed by atoms with E-state index in [1.54, 1.807) is 0 Å². The largest absolute Gasteiger partial charge is 0.465 e. The third kappa shape index (κ3) is 2.97. The fraction of sp³-hybridized carbons (Fsp3) is 0.923. The lowest BCUT2D eigenvalue weighted by Gasteiger charge is -2.22. The molecule has 0 bridgehead atoms. The number of carbonyl (C=O) groups excluding carboxylic acids is 1. The summed E-state index contributed by atoms with van der Waals surface area (Å²) in [7, 11) is 0. The highest BCUT2D eigenvalue weighted by Crippen LogP contribution is 2.27. The standard InChI is InChI=1S/C13H23NO2/c14-12-8-4-7-11(12)13(15)16-9-10-5-2-1-3-6-10/h10-12H,1-9,14H2. The molecule has 0 aromatic carbocycles. The number of ether oxygens (including phenoxy) is 1. The minimum absolute atomic E-state index is 0.0245. The van der Waals surface area contributed by atoms with Crippen LogP contribution in [0.15, 0.2) is 0 Å². The molecule has 2 unspecified atom stereocenters. The molecule has 2 N–H and O–H groups in total. The lowest BCUT2D eigenvalue weighted by molar-refractivity contribution is -0.150. The van der Waals surface area contributed by atoms with E-state index >= 15 is 0 Å². The van der Waals surface area contributed by atoms with Crippen LogP contribution in [0, 0.1) is 11.8 Å². The minimum atomic E-state index is -0.0458. The second-order valence-corrected chi connectivity index (χ2v) is 5.34. The van der Waals surface area contributed by atoms with E-state index < -0.39 is 0 Å². The lowest BCUT2D eigenvalue weighted by Crippen LogP contribution is -2.32. The molecule has 2 aliphatic carbocycles. The SMILES string of the molecule is NC1CCCC1C(=O)OCC1CCCCC1. The van der Waals surface area contributed by atoms with Crippen LogP contribution in [0.1, 0.15) is 51.4 Å². The smallest absolute Gasteiger partial charge is 0.310 e. The van der Waals surface area contributed by atoms with Gasteiger partial charge in [-0.05, 0) is 31.6 Å². The van der Waals surface area contributed by atoms with Gasteiger partial charge in [-0.2, -0.15) is 0 Å². The van der Waals surface area contributed by atoms with Crippen LogP contribution in [-0.4, -0.2) is 18.6 Å². The molecule has 0 aromatic rings. The van der Waals surface area contributed by atoms with E-state index in [-0.39, 0.29) is 17.9 Å². The molecule has 0 aliphatic heterocycles. The Labute approximate surface area is 97.7 Å². The first-order valence-electron chi connectivity index (χ1n) is 6.69. The second-order valence-electron chi connectivity index (χ2n) is 5.34. The van der Waals surface area contributed by atoms with Crippen LogP contribution in [0.3, 0.4) is 0 Å². The van der Waals surface area contributed by atoms with Crippen molar-refractivity contribution in [1.82, 2.24) is 0 Å². The zero-order chi connectivity index (χ0) is 11.4. The van der Waals surface area contributed by atoms with Gasteiger partial charge in [0.1, 0.15) is 0 Å². The Morgan fingerprint density at radius 3 is 2.44 bits per heavy atom. The Morgan fingerprint density at radius 2 is 1.81 bits per heavy atom. The van der Waals surface area contributed by atoms with Gasteiger partial charge in [0.05, 0.1) is 12.5 Å². The molecule has 3 nitrogen and oxygen atoms in total. The Balaban J connectivity index is 1.70. The molecule has 0 amide bonds. The molecule has 0 spiro atoms. The van der Waals surface area contributed by atoms with E-state index in [0.717, 1.165) is 19.3 Å².